The zero-order valence-corrected chi connectivity index (χ0v) is 12.3. The van der Waals surface area contributed by atoms with Crippen LogP contribution in [0.25, 0.3) is 0 Å². The molecule has 0 aliphatic heterocycles. The molecule has 1 fully saturated rings. The van der Waals surface area contributed by atoms with Gasteiger partial charge in [-0.25, -0.2) is 4.39 Å². The van der Waals surface area contributed by atoms with Crippen LogP contribution in [-0.2, 0) is 4.79 Å². The molecule has 1 amide bonds. The molecule has 2 rings (SSSR count). The van der Waals surface area contributed by atoms with E-state index in [1.807, 2.05) is 0 Å². The van der Waals surface area contributed by atoms with Crippen molar-refractivity contribution in [2.24, 2.45) is 5.92 Å². The second kappa shape index (κ2) is 6.93. The molecule has 3 nitrogen and oxygen atoms in total. The highest BCUT2D eigenvalue weighted by Gasteiger charge is 2.22. The van der Waals surface area contributed by atoms with Gasteiger partial charge in [0.2, 0.25) is 5.91 Å². The summed E-state index contributed by atoms with van der Waals surface area (Å²) in [6, 6.07) is 4.93. The van der Waals surface area contributed by atoms with Gasteiger partial charge < -0.3 is 10.6 Å². The van der Waals surface area contributed by atoms with E-state index in [0.717, 1.165) is 19.3 Å². The highest BCUT2D eigenvalue weighted by molar-refractivity contribution is 6.31. The minimum atomic E-state index is -0.520. The normalized spacial score (nSPS) is 22.4. The van der Waals surface area contributed by atoms with Crippen LogP contribution < -0.4 is 10.6 Å². The lowest BCUT2D eigenvalue weighted by Crippen LogP contribution is -2.43. The molecule has 110 valence electrons. The van der Waals surface area contributed by atoms with Crippen LogP contribution in [-0.4, -0.2) is 18.5 Å². The average Bonchev–Trinajstić information content (AvgIpc) is 2.43. The van der Waals surface area contributed by atoms with Gasteiger partial charge in [-0.1, -0.05) is 37.4 Å². The molecule has 1 aliphatic carbocycles. The fraction of sp³-hybridized carbons (Fsp3) is 0.533. The molecule has 5 heteroatoms. The Bertz CT molecular complexity index is 481. The van der Waals surface area contributed by atoms with E-state index >= 15 is 0 Å². The Balaban J connectivity index is 1.84. The number of rotatable bonds is 4. The van der Waals surface area contributed by atoms with Crippen LogP contribution in [0.1, 0.15) is 32.6 Å². The maximum absolute atomic E-state index is 13.6. The van der Waals surface area contributed by atoms with Gasteiger partial charge in [-0.2, -0.15) is 0 Å². The smallest absolute Gasteiger partial charge is 0.239 e. The van der Waals surface area contributed by atoms with Gasteiger partial charge in [0, 0.05) is 6.04 Å². The lowest BCUT2D eigenvalue weighted by molar-refractivity contribution is -0.120. The summed E-state index contributed by atoms with van der Waals surface area (Å²) in [7, 11) is 0. The Kier molecular flexibility index (Phi) is 5.24. The summed E-state index contributed by atoms with van der Waals surface area (Å²) in [6.07, 6.45) is 4.57. The van der Waals surface area contributed by atoms with E-state index in [4.69, 9.17) is 11.6 Å². The molecule has 1 aromatic rings. The van der Waals surface area contributed by atoms with E-state index in [1.165, 1.54) is 12.5 Å². The van der Waals surface area contributed by atoms with E-state index in [2.05, 4.69) is 17.6 Å². The molecule has 2 unspecified atom stereocenters. The zero-order chi connectivity index (χ0) is 14.5. The Hall–Kier alpha value is -1.29. The Morgan fingerprint density at radius 1 is 1.40 bits per heavy atom. The molecule has 2 atom stereocenters. The van der Waals surface area contributed by atoms with Crippen LogP contribution in [0, 0.1) is 11.7 Å². The summed E-state index contributed by atoms with van der Waals surface area (Å²) in [6.45, 7) is 2.22. The molecule has 0 radical (unpaired) electrons. The summed E-state index contributed by atoms with van der Waals surface area (Å²) in [4.78, 5) is 11.9. The Morgan fingerprint density at radius 3 is 2.90 bits per heavy atom. The SMILES string of the molecule is CC1CCCCC1NC(=O)CNc1cccc(Cl)c1F. The zero-order valence-electron chi connectivity index (χ0n) is 11.6. The molecule has 0 saturated heterocycles. The van der Waals surface area contributed by atoms with Crippen molar-refractivity contribution in [3.05, 3.63) is 29.0 Å². The maximum Gasteiger partial charge on any atom is 0.239 e. The summed E-state index contributed by atoms with van der Waals surface area (Å²) in [5.74, 6) is -0.119. The first-order valence-electron chi connectivity index (χ1n) is 7.05. The monoisotopic (exact) mass is 298 g/mol. The van der Waals surface area contributed by atoms with Crippen LogP contribution in [0.4, 0.5) is 10.1 Å². The minimum absolute atomic E-state index is 0.0521. The molecular weight excluding hydrogens is 279 g/mol. The summed E-state index contributed by atoms with van der Waals surface area (Å²) in [5.41, 5.74) is 0.254. The van der Waals surface area contributed by atoms with Crippen molar-refractivity contribution >= 4 is 23.2 Å². The first-order chi connectivity index (χ1) is 9.58. The van der Waals surface area contributed by atoms with Crippen LogP contribution in [0.2, 0.25) is 5.02 Å². The van der Waals surface area contributed by atoms with Gasteiger partial charge >= 0.3 is 0 Å². The van der Waals surface area contributed by atoms with Gasteiger partial charge in [-0.15, -0.1) is 0 Å². The van der Waals surface area contributed by atoms with Crippen LogP contribution in [0.3, 0.4) is 0 Å². The first-order valence-corrected chi connectivity index (χ1v) is 7.43. The quantitative estimate of drug-likeness (QED) is 0.892. The minimum Gasteiger partial charge on any atom is -0.374 e. The summed E-state index contributed by atoms with van der Waals surface area (Å²) < 4.78 is 13.6. The topological polar surface area (TPSA) is 41.1 Å². The van der Waals surface area contributed by atoms with Crippen molar-refractivity contribution in [2.45, 2.75) is 38.6 Å². The lowest BCUT2D eigenvalue weighted by Gasteiger charge is -2.29. The van der Waals surface area contributed by atoms with Crippen molar-refractivity contribution in [2.75, 3.05) is 11.9 Å². The van der Waals surface area contributed by atoms with Gasteiger partial charge in [-0.3, -0.25) is 4.79 Å². The number of carbonyl (C=O) groups excluding carboxylic acids is 1. The van der Waals surface area contributed by atoms with Crippen molar-refractivity contribution in [3.63, 3.8) is 0 Å². The number of amides is 1. The number of hydrogen-bond acceptors (Lipinski definition) is 2. The van der Waals surface area contributed by atoms with Crippen LogP contribution in [0.15, 0.2) is 18.2 Å². The molecule has 0 heterocycles. The second-order valence-electron chi connectivity index (χ2n) is 5.39. The predicted molar refractivity (Wildman–Crippen MR) is 79.5 cm³/mol. The maximum atomic E-state index is 13.6. The van der Waals surface area contributed by atoms with Gasteiger partial charge in [0.25, 0.3) is 0 Å². The molecule has 20 heavy (non-hydrogen) atoms. The summed E-state index contributed by atoms with van der Waals surface area (Å²) >= 11 is 5.69. The number of benzene rings is 1. The van der Waals surface area contributed by atoms with Crippen LogP contribution >= 0.6 is 11.6 Å². The van der Waals surface area contributed by atoms with E-state index < -0.39 is 5.82 Å². The van der Waals surface area contributed by atoms with Crippen molar-refractivity contribution in [3.8, 4) is 0 Å². The number of carbonyl (C=O) groups is 1. The molecule has 2 N–H and O–H groups in total. The molecule has 1 aliphatic rings. The molecule has 1 saturated carbocycles. The standard InChI is InChI=1S/C15H20ClFN2O/c1-10-5-2-3-7-12(10)19-14(20)9-18-13-8-4-6-11(16)15(13)17/h4,6,8,10,12,18H,2-3,5,7,9H2,1H3,(H,19,20). The third-order valence-electron chi connectivity index (χ3n) is 3.85. The second-order valence-corrected chi connectivity index (χ2v) is 5.80. The number of nitrogens with one attached hydrogen (secondary N) is 2. The lowest BCUT2D eigenvalue weighted by atomic mass is 9.86. The number of halogens is 2. The number of anilines is 1. The van der Waals surface area contributed by atoms with E-state index in [0.29, 0.717) is 5.92 Å². The van der Waals surface area contributed by atoms with Gasteiger partial charge in [0.15, 0.2) is 5.82 Å². The fourth-order valence-corrected chi connectivity index (χ4v) is 2.78. The molecule has 0 bridgehead atoms. The van der Waals surface area contributed by atoms with E-state index in [1.54, 1.807) is 12.1 Å². The van der Waals surface area contributed by atoms with Crippen LogP contribution in [0.5, 0.6) is 0 Å². The van der Waals surface area contributed by atoms with Crippen molar-refractivity contribution in [1.29, 1.82) is 0 Å². The van der Waals surface area contributed by atoms with Gasteiger partial charge in [-0.05, 0) is 30.9 Å². The molecule has 0 aromatic heterocycles. The van der Waals surface area contributed by atoms with E-state index in [-0.39, 0.29) is 29.2 Å². The summed E-state index contributed by atoms with van der Waals surface area (Å²) in [5, 5.41) is 5.85. The van der Waals surface area contributed by atoms with Gasteiger partial charge in [0.05, 0.1) is 17.3 Å². The average molecular weight is 299 g/mol. The largest absolute Gasteiger partial charge is 0.374 e. The highest BCUT2D eigenvalue weighted by Crippen LogP contribution is 2.24. The fourth-order valence-electron chi connectivity index (χ4n) is 2.60. The number of hydrogen-bond donors (Lipinski definition) is 2. The molecule has 0 spiro atoms. The third kappa shape index (κ3) is 3.85. The van der Waals surface area contributed by atoms with Gasteiger partial charge in [0.1, 0.15) is 0 Å². The molecule has 1 aromatic carbocycles. The predicted octanol–water partition coefficient (Wildman–Crippen LogP) is 3.59. The van der Waals surface area contributed by atoms with E-state index in [9.17, 15) is 9.18 Å². The Labute approximate surface area is 123 Å². The van der Waals surface area contributed by atoms with Crippen molar-refractivity contribution in [1.82, 2.24) is 5.32 Å². The molecular formula is C15H20ClFN2O. The van der Waals surface area contributed by atoms with Crippen molar-refractivity contribution < 1.29 is 9.18 Å². The third-order valence-corrected chi connectivity index (χ3v) is 4.14. The Morgan fingerprint density at radius 2 is 2.15 bits per heavy atom. The highest BCUT2D eigenvalue weighted by atomic mass is 35.5. The first kappa shape index (κ1) is 15.1.